The Kier molecular flexibility index (Phi) is 6.22. The first-order valence-electron chi connectivity index (χ1n) is 19.6. The Labute approximate surface area is 320 Å². The van der Waals surface area contributed by atoms with Crippen molar-refractivity contribution < 1.29 is 4.42 Å². The van der Waals surface area contributed by atoms with E-state index in [1.165, 1.54) is 60.9 Å². The Morgan fingerprint density at radius 1 is 0.727 bits per heavy atom. The maximum absolute atomic E-state index is 7.32. The van der Waals surface area contributed by atoms with Gasteiger partial charge in [-0.2, -0.15) is 0 Å². The molecule has 3 heteroatoms. The van der Waals surface area contributed by atoms with Crippen LogP contribution in [0.4, 0.5) is 0 Å². The van der Waals surface area contributed by atoms with E-state index in [0.29, 0.717) is 0 Å². The number of benzene rings is 6. The van der Waals surface area contributed by atoms with Crippen molar-refractivity contribution in [2.75, 3.05) is 0 Å². The lowest BCUT2D eigenvalue weighted by molar-refractivity contribution is 0.537. The van der Waals surface area contributed by atoms with Crippen LogP contribution >= 0.6 is 0 Å². The molecule has 0 bridgehead atoms. The number of aryl methyl sites for hydroxylation is 1. The Morgan fingerprint density at radius 3 is 2.42 bits per heavy atom. The minimum atomic E-state index is -0.370. The van der Waals surface area contributed by atoms with E-state index >= 15 is 0 Å². The van der Waals surface area contributed by atoms with Gasteiger partial charge < -0.3 is 4.42 Å². The fourth-order valence-corrected chi connectivity index (χ4v) is 10.9. The first kappa shape index (κ1) is 31.0. The van der Waals surface area contributed by atoms with Crippen molar-refractivity contribution >= 4 is 38.7 Å². The van der Waals surface area contributed by atoms with Crippen molar-refractivity contribution in [1.82, 2.24) is 9.55 Å². The van der Waals surface area contributed by atoms with Crippen LogP contribution in [0, 0.1) is 6.92 Å². The Morgan fingerprint density at radius 2 is 1.53 bits per heavy atom. The molecular formula is C52H38N2O. The molecule has 1 spiro atoms. The zero-order chi connectivity index (χ0) is 36.5. The van der Waals surface area contributed by atoms with Crippen molar-refractivity contribution in [2.24, 2.45) is 0 Å². The molecule has 262 valence electrons. The molecule has 0 aliphatic heterocycles. The minimum absolute atomic E-state index is 0.183. The van der Waals surface area contributed by atoms with Gasteiger partial charge in [-0.05, 0) is 76.9 Å². The number of hydrogen-bond donors (Lipinski definition) is 0. The van der Waals surface area contributed by atoms with E-state index < -0.39 is 0 Å². The second kappa shape index (κ2) is 11.1. The normalized spacial score (nSPS) is 21.9. The third kappa shape index (κ3) is 3.92. The summed E-state index contributed by atoms with van der Waals surface area (Å²) < 4.78 is 9.62. The van der Waals surface area contributed by atoms with E-state index in [0.717, 1.165) is 52.1 Å². The van der Waals surface area contributed by atoms with E-state index in [-0.39, 0.29) is 16.7 Å². The number of imidazole rings is 1. The van der Waals surface area contributed by atoms with Crippen LogP contribution in [0.2, 0.25) is 0 Å². The van der Waals surface area contributed by atoms with Crippen LogP contribution in [0.15, 0.2) is 174 Å². The highest BCUT2D eigenvalue weighted by Crippen LogP contribution is 2.68. The molecule has 3 nitrogen and oxygen atoms in total. The van der Waals surface area contributed by atoms with Crippen LogP contribution in [0.3, 0.4) is 0 Å². The third-order valence-corrected chi connectivity index (χ3v) is 13.2. The Balaban J connectivity index is 1.03. The van der Waals surface area contributed by atoms with E-state index in [2.05, 4.69) is 182 Å². The van der Waals surface area contributed by atoms with Gasteiger partial charge in [0, 0.05) is 44.5 Å². The maximum Gasteiger partial charge on any atom is 0.145 e. The molecule has 4 aliphatic rings. The van der Waals surface area contributed by atoms with Gasteiger partial charge in [-0.25, -0.2) is 4.98 Å². The summed E-state index contributed by atoms with van der Waals surface area (Å²) in [7, 11) is 0. The van der Waals surface area contributed by atoms with E-state index in [1.807, 2.05) is 0 Å². The monoisotopic (exact) mass is 706 g/mol. The summed E-state index contributed by atoms with van der Waals surface area (Å²) in [4.78, 5) is 5.08. The quantitative estimate of drug-likeness (QED) is 0.183. The van der Waals surface area contributed by atoms with Crippen molar-refractivity contribution in [2.45, 2.75) is 43.4 Å². The van der Waals surface area contributed by atoms with Gasteiger partial charge in [0.2, 0.25) is 0 Å². The zero-order valence-corrected chi connectivity index (χ0v) is 30.9. The molecule has 0 saturated heterocycles. The molecule has 0 amide bonds. The van der Waals surface area contributed by atoms with Gasteiger partial charge in [-0.3, -0.25) is 4.57 Å². The standard InChI is InChI=1S/C52H38N2O/c1-32-14-12-19-38-37-17-6-7-21-41(37)52(46(32)38)42-30-29-40-39-20-13-18-36(48(39)55-49(40)47(42)51(2)31-11-10-24-45(51)52)33-25-27-35(28-26-33)54-44-23-9-8-22-43(44)53-50(54)34-15-4-3-5-16-34/h3-25,27-30,33H,26,31H2,1-2H3. The maximum atomic E-state index is 7.32. The molecule has 12 rings (SSSR count). The molecule has 8 aromatic rings. The molecule has 4 aliphatic carbocycles. The van der Waals surface area contributed by atoms with E-state index in [1.54, 1.807) is 0 Å². The summed E-state index contributed by atoms with van der Waals surface area (Å²) >= 11 is 0. The van der Waals surface area contributed by atoms with Crippen molar-refractivity contribution in [3.05, 3.63) is 203 Å². The summed E-state index contributed by atoms with van der Waals surface area (Å²) in [5, 5.41) is 2.39. The molecule has 55 heavy (non-hydrogen) atoms. The van der Waals surface area contributed by atoms with Crippen LogP contribution in [-0.2, 0) is 10.8 Å². The van der Waals surface area contributed by atoms with Crippen LogP contribution < -0.4 is 0 Å². The smallest absolute Gasteiger partial charge is 0.145 e. The first-order chi connectivity index (χ1) is 27.1. The predicted molar refractivity (Wildman–Crippen MR) is 225 cm³/mol. The van der Waals surface area contributed by atoms with Gasteiger partial charge >= 0.3 is 0 Å². The first-order valence-corrected chi connectivity index (χ1v) is 19.6. The molecule has 3 unspecified atom stereocenters. The van der Waals surface area contributed by atoms with Crippen LogP contribution in [0.1, 0.15) is 59.1 Å². The SMILES string of the molecule is Cc1cccc2c1C1(C3=CC=CCC3(C)c3c1ccc1c3oc3c(C4C=CC(n5c(-c6ccccc6)nc6ccccc65)=CC4)cccc31)c1ccccc1-2. The summed E-state index contributed by atoms with van der Waals surface area (Å²) in [5.74, 6) is 1.14. The van der Waals surface area contributed by atoms with Gasteiger partial charge in [-0.1, -0.05) is 153 Å². The minimum Gasteiger partial charge on any atom is -0.455 e. The molecule has 3 atom stereocenters. The van der Waals surface area contributed by atoms with Gasteiger partial charge in [0.05, 0.1) is 16.4 Å². The lowest BCUT2D eigenvalue weighted by Gasteiger charge is -2.37. The molecule has 0 saturated carbocycles. The third-order valence-electron chi connectivity index (χ3n) is 13.2. The van der Waals surface area contributed by atoms with Crippen LogP contribution in [-0.4, -0.2) is 9.55 Å². The second-order valence-electron chi connectivity index (χ2n) is 16.0. The zero-order valence-electron chi connectivity index (χ0n) is 30.9. The van der Waals surface area contributed by atoms with Crippen molar-refractivity contribution in [3.8, 4) is 22.5 Å². The number of fused-ring (bicyclic) bond motifs is 15. The van der Waals surface area contributed by atoms with Gasteiger partial charge in [0.25, 0.3) is 0 Å². The number of hydrogen-bond acceptors (Lipinski definition) is 2. The topological polar surface area (TPSA) is 31.0 Å². The van der Waals surface area contributed by atoms with Crippen LogP contribution in [0.25, 0.3) is 61.2 Å². The van der Waals surface area contributed by atoms with Crippen molar-refractivity contribution in [1.29, 1.82) is 0 Å². The summed E-state index contributed by atoms with van der Waals surface area (Å²) in [6.45, 7) is 4.75. The lowest BCUT2D eigenvalue weighted by atomic mass is 9.64. The molecule has 2 aromatic heterocycles. The fraction of sp³-hybridized carbons (Fsp3) is 0.135. The molecule has 2 heterocycles. The van der Waals surface area contributed by atoms with E-state index in [9.17, 15) is 0 Å². The average molecular weight is 707 g/mol. The predicted octanol–water partition coefficient (Wildman–Crippen LogP) is 13.0. The number of para-hydroxylation sites is 3. The lowest BCUT2D eigenvalue weighted by Crippen LogP contribution is -2.33. The highest BCUT2D eigenvalue weighted by Gasteiger charge is 2.60. The van der Waals surface area contributed by atoms with Gasteiger partial charge in [0.1, 0.15) is 17.0 Å². The number of furan rings is 1. The fourth-order valence-electron chi connectivity index (χ4n) is 10.9. The molecule has 0 fully saturated rings. The highest BCUT2D eigenvalue weighted by atomic mass is 16.3. The largest absolute Gasteiger partial charge is 0.455 e. The Bertz CT molecular complexity index is 3080. The molecule has 6 aromatic carbocycles. The second-order valence-corrected chi connectivity index (χ2v) is 16.0. The number of aromatic nitrogens is 2. The summed E-state index contributed by atoms with van der Waals surface area (Å²) in [6.07, 6.45) is 15.9. The van der Waals surface area contributed by atoms with Gasteiger partial charge in [-0.15, -0.1) is 0 Å². The average Bonchev–Trinajstić information content (AvgIpc) is 3.95. The number of nitrogens with zero attached hydrogens (tertiary/aromatic N) is 2. The molecule has 0 radical (unpaired) electrons. The number of allylic oxidation sites excluding steroid dienone is 8. The number of rotatable bonds is 3. The summed E-state index contributed by atoms with van der Waals surface area (Å²) in [5.41, 5.74) is 18.1. The molecular weight excluding hydrogens is 669 g/mol. The molecule has 0 N–H and O–H groups in total. The van der Waals surface area contributed by atoms with E-state index in [4.69, 9.17) is 9.40 Å². The van der Waals surface area contributed by atoms with Crippen LogP contribution in [0.5, 0.6) is 0 Å². The van der Waals surface area contributed by atoms with Gasteiger partial charge in [0.15, 0.2) is 0 Å². The Hall–Kier alpha value is -6.45. The van der Waals surface area contributed by atoms with Crippen molar-refractivity contribution in [3.63, 3.8) is 0 Å². The summed E-state index contributed by atoms with van der Waals surface area (Å²) in [6, 6.07) is 46.4. The highest BCUT2D eigenvalue weighted by molar-refractivity contribution is 6.09.